The topological polar surface area (TPSA) is 57.5 Å². The Morgan fingerprint density at radius 1 is 1.38 bits per heavy atom. The lowest BCUT2D eigenvalue weighted by atomic mass is 9.80. The standard InChI is InChI=1S/C15H18F2O3.ClH/c1-2-10-3-5-11(6-4-10)15(20,13(18)19)12-7-8-14(16,17)9-12;/h3-6,12,20H,2,7-9H2,1H3,(H,18,19);1H/t12-,15+;/m1./s1. The fourth-order valence-corrected chi connectivity index (χ4v) is 2.83. The van der Waals surface area contributed by atoms with Gasteiger partial charge in [-0.15, -0.1) is 12.4 Å². The molecule has 21 heavy (non-hydrogen) atoms. The normalized spacial score (nSPS) is 23.1. The maximum atomic E-state index is 13.3. The van der Waals surface area contributed by atoms with E-state index in [1.807, 2.05) is 6.92 Å². The average molecular weight is 321 g/mol. The largest absolute Gasteiger partial charge is 0.479 e. The van der Waals surface area contributed by atoms with Crippen LogP contribution in [0.5, 0.6) is 0 Å². The highest BCUT2D eigenvalue weighted by Gasteiger charge is 2.53. The van der Waals surface area contributed by atoms with Gasteiger partial charge in [-0.25, -0.2) is 13.6 Å². The highest BCUT2D eigenvalue weighted by atomic mass is 35.5. The van der Waals surface area contributed by atoms with Gasteiger partial charge in [-0.2, -0.15) is 0 Å². The molecule has 3 nitrogen and oxygen atoms in total. The van der Waals surface area contributed by atoms with Crippen molar-refractivity contribution in [1.82, 2.24) is 0 Å². The monoisotopic (exact) mass is 320 g/mol. The maximum Gasteiger partial charge on any atom is 0.340 e. The third-order valence-electron chi connectivity index (χ3n) is 4.12. The number of aliphatic carboxylic acids is 1. The number of halogens is 3. The van der Waals surface area contributed by atoms with E-state index in [0.29, 0.717) is 0 Å². The molecule has 0 aromatic heterocycles. The van der Waals surface area contributed by atoms with Crippen LogP contribution in [0.1, 0.15) is 37.3 Å². The molecule has 0 unspecified atom stereocenters. The minimum atomic E-state index is -2.89. The summed E-state index contributed by atoms with van der Waals surface area (Å²) in [6.07, 6.45) is -0.176. The van der Waals surface area contributed by atoms with Gasteiger partial charge in [0.15, 0.2) is 5.60 Å². The molecule has 0 spiro atoms. The molecule has 1 aromatic carbocycles. The van der Waals surface area contributed by atoms with Gasteiger partial charge in [-0.05, 0) is 24.0 Å². The molecule has 0 amide bonds. The summed E-state index contributed by atoms with van der Waals surface area (Å²) in [6.45, 7) is 1.95. The van der Waals surface area contributed by atoms with Gasteiger partial charge >= 0.3 is 5.97 Å². The molecule has 0 saturated heterocycles. The van der Waals surface area contributed by atoms with Gasteiger partial charge in [0.1, 0.15) is 0 Å². The number of benzene rings is 1. The van der Waals surface area contributed by atoms with Crippen LogP contribution < -0.4 is 0 Å². The fourth-order valence-electron chi connectivity index (χ4n) is 2.83. The second-order valence-electron chi connectivity index (χ2n) is 5.42. The van der Waals surface area contributed by atoms with Crippen LogP contribution in [0, 0.1) is 5.92 Å². The number of hydrogen-bond donors (Lipinski definition) is 2. The number of carbonyl (C=O) groups is 1. The molecule has 1 saturated carbocycles. The van der Waals surface area contributed by atoms with Crippen molar-refractivity contribution in [2.75, 3.05) is 0 Å². The Kier molecular flexibility index (Phi) is 5.34. The summed E-state index contributed by atoms with van der Waals surface area (Å²) in [4.78, 5) is 11.5. The number of rotatable bonds is 4. The average Bonchev–Trinajstić information content (AvgIpc) is 2.78. The second kappa shape index (κ2) is 6.28. The quantitative estimate of drug-likeness (QED) is 0.894. The zero-order valence-corrected chi connectivity index (χ0v) is 12.5. The fraction of sp³-hybridized carbons (Fsp3) is 0.533. The highest BCUT2D eigenvalue weighted by molar-refractivity contribution is 5.85. The minimum absolute atomic E-state index is 0. The Bertz CT molecular complexity index is 504. The van der Waals surface area contributed by atoms with E-state index < -0.39 is 29.8 Å². The molecule has 118 valence electrons. The van der Waals surface area contributed by atoms with E-state index in [2.05, 4.69) is 0 Å². The molecule has 6 heteroatoms. The number of aliphatic hydroxyl groups is 1. The van der Waals surface area contributed by atoms with Gasteiger partial charge in [-0.1, -0.05) is 31.2 Å². The van der Waals surface area contributed by atoms with E-state index in [-0.39, 0.29) is 30.8 Å². The predicted octanol–water partition coefficient (Wildman–Crippen LogP) is 3.38. The molecule has 1 aromatic rings. The summed E-state index contributed by atoms with van der Waals surface area (Å²) in [5.41, 5.74) is -1.07. The number of alkyl halides is 2. The van der Waals surface area contributed by atoms with Crippen molar-refractivity contribution in [3.63, 3.8) is 0 Å². The van der Waals surface area contributed by atoms with Crippen LogP contribution in [-0.4, -0.2) is 22.1 Å². The molecule has 0 aliphatic heterocycles. The van der Waals surface area contributed by atoms with E-state index in [1.54, 1.807) is 12.1 Å². The van der Waals surface area contributed by atoms with Crippen molar-refractivity contribution in [2.45, 2.75) is 44.1 Å². The van der Waals surface area contributed by atoms with E-state index in [0.717, 1.165) is 12.0 Å². The van der Waals surface area contributed by atoms with Crippen LogP contribution in [-0.2, 0) is 16.8 Å². The molecule has 1 aliphatic rings. The Morgan fingerprint density at radius 3 is 2.33 bits per heavy atom. The van der Waals surface area contributed by atoms with Crippen LogP contribution in [0.2, 0.25) is 0 Å². The molecule has 2 atom stereocenters. The number of hydrogen-bond acceptors (Lipinski definition) is 2. The lowest BCUT2D eigenvalue weighted by Gasteiger charge is -2.30. The summed E-state index contributed by atoms with van der Waals surface area (Å²) < 4.78 is 26.6. The number of carboxylic acid groups (broad SMARTS) is 1. The third kappa shape index (κ3) is 3.35. The van der Waals surface area contributed by atoms with Crippen molar-refractivity contribution in [2.24, 2.45) is 5.92 Å². The molecular weight excluding hydrogens is 302 g/mol. The molecule has 2 rings (SSSR count). The Hall–Kier alpha value is -1.20. The maximum absolute atomic E-state index is 13.3. The zero-order chi connectivity index (χ0) is 15.0. The molecular formula is C15H19ClF2O3. The second-order valence-corrected chi connectivity index (χ2v) is 5.42. The first kappa shape index (κ1) is 17.9. The number of aryl methyl sites for hydroxylation is 1. The van der Waals surface area contributed by atoms with E-state index in [1.165, 1.54) is 12.1 Å². The summed E-state index contributed by atoms with van der Waals surface area (Å²) >= 11 is 0. The predicted molar refractivity (Wildman–Crippen MR) is 76.9 cm³/mol. The Labute approximate surface area is 128 Å². The lowest BCUT2D eigenvalue weighted by Crippen LogP contribution is -2.42. The van der Waals surface area contributed by atoms with Crippen LogP contribution >= 0.6 is 12.4 Å². The van der Waals surface area contributed by atoms with E-state index in [4.69, 9.17) is 0 Å². The first-order chi connectivity index (χ1) is 9.29. The molecule has 0 bridgehead atoms. The Morgan fingerprint density at radius 2 is 1.95 bits per heavy atom. The van der Waals surface area contributed by atoms with Gasteiger partial charge in [0.25, 0.3) is 0 Å². The van der Waals surface area contributed by atoms with Crippen LogP contribution in [0.4, 0.5) is 8.78 Å². The lowest BCUT2D eigenvalue weighted by molar-refractivity contribution is -0.167. The molecule has 0 radical (unpaired) electrons. The van der Waals surface area contributed by atoms with E-state index in [9.17, 15) is 23.8 Å². The van der Waals surface area contributed by atoms with Crippen LogP contribution in [0.25, 0.3) is 0 Å². The van der Waals surface area contributed by atoms with Crippen LogP contribution in [0.3, 0.4) is 0 Å². The third-order valence-corrected chi connectivity index (χ3v) is 4.12. The van der Waals surface area contributed by atoms with Crippen LogP contribution in [0.15, 0.2) is 24.3 Å². The van der Waals surface area contributed by atoms with Gasteiger partial charge < -0.3 is 10.2 Å². The zero-order valence-electron chi connectivity index (χ0n) is 11.7. The van der Waals surface area contributed by atoms with Gasteiger partial charge in [0.05, 0.1) is 0 Å². The SMILES string of the molecule is CCc1ccc([C@@](O)(C(=O)O)[C@@H]2CCC(F)(F)C2)cc1.Cl. The van der Waals surface area contributed by atoms with Gasteiger partial charge in [0, 0.05) is 18.8 Å². The summed E-state index contributed by atoms with van der Waals surface area (Å²) in [7, 11) is 0. The van der Waals surface area contributed by atoms with Crippen molar-refractivity contribution < 1.29 is 23.8 Å². The van der Waals surface area contributed by atoms with Crippen molar-refractivity contribution >= 4 is 18.4 Å². The summed E-state index contributed by atoms with van der Waals surface area (Å²) in [6, 6.07) is 6.47. The molecule has 0 heterocycles. The van der Waals surface area contributed by atoms with Gasteiger partial charge in [0.2, 0.25) is 5.92 Å². The number of carboxylic acids is 1. The first-order valence-corrected chi connectivity index (χ1v) is 6.72. The van der Waals surface area contributed by atoms with E-state index >= 15 is 0 Å². The molecule has 1 aliphatic carbocycles. The van der Waals surface area contributed by atoms with Crippen molar-refractivity contribution in [3.8, 4) is 0 Å². The Balaban J connectivity index is 0.00000220. The summed E-state index contributed by atoms with van der Waals surface area (Å²) in [5, 5.41) is 19.9. The van der Waals surface area contributed by atoms with Crippen molar-refractivity contribution in [1.29, 1.82) is 0 Å². The summed E-state index contributed by atoms with van der Waals surface area (Å²) in [5.74, 6) is -5.33. The van der Waals surface area contributed by atoms with Crippen molar-refractivity contribution in [3.05, 3.63) is 35.4 Å². The molecule has 1 fully saturated rings. The highest BCUT2D eigenvalue weighted by Crippen LogP contribution is 2.47. The molecule has 2 N–H and O–H groups in total. The smallest absolute Gasteiger partial charge is 0.340 e. The van der Waals surface area contributed by atoms with Gasteiger partial charge in [-0.3, -0.25) is 0 Å². The minimum Gasteiger partial charge on any atom is -0.479 e. The first-order valence-electron chi connectivity index (χ1n) is 6.72.